The average molecular weight is 233 g/mol. The van der Waals surface area contributed by atoms with Gasteiger partial charge in [0, 0.05) is 5.75 Å². The highest BCUT2D eigenvalue weighted by atomic mass is 32.2. The molecule has 0 bridgehead atoms. The first-order valence-electron chi connectivity index (χ1n) is 5.61. The molecule has 0 aromatic heterocycles. The van der Waals surface area contributed by atoms with Crippen LogP contribution in [0.5, 0.6) is 0 Å². The zero-order valence-corrected chi connectivity index (χ0v) is 10.8. The van der Waals surface area contributed by atoms with E-state index >= 15 is 0 Å². The van der Waals surface area contributed by atoms with Crippen molar-refractivity contribution in [3.05, 3.63) is 0 Å². The molecule has 15 heavy (non-hydrogen) atoms. The summed E-state index contributed by atoms with van der Waals surface area (Å²) >= 11 is 1.74. The molecule has 0 spiro atoms. The van der Waals surface area contributed by atoms with Gasteiger partial charge in [-0.15, -0.1) is 0 Å². The minimum absolute atomic E-state index is 0.284. The van der Waals surface area contributed by atoms with Crippen LogP contribution >= 0.6 is 11.8 Å². The molecule has 2 atom stereocenters. The van der Waals surface area contributed by atoms with E-state index in [4.69, 9.17) is 10.5 Å². The Morgan fingerprint density at radius 3 is 2.60 bits per heavy atom. The summed E-state index contributed by atoms with van der Waals surface area (Å²) in [7, 11) is 0. The maximum absolute atomic E-state index is 11.2. The first kappa shape index (κ1) is 14.8. The maximum atomic E-state index is 11.2. The van der Waals surface area contributed by atoms with E-state index in [1.165, 1.54) is 12.8 Å². The number of nitrogens with two attached hydrogens (primary N) is 1. The second-order valence-electron chi connectivity index (χ2n) is 3.79. The number of rotatable bonds is 8. The number of ether oxygens (including phenoxy) is 1. The average Bonchev–Trinajstić information content (AvgIpc) is 2.18. The van der Waals surface area contributed by atoms with Gasteiger partial charge in [-0.05, 0) is 18.6 Å². The lowest BCUT2D eigenvalue weighted by molar-refractivity contribution is -0.144. The lowest BCUT2D eigenvalue weighted by atomic mass is 10.1. The molecule has 0 aromatic carbocycles. The highest BCUT2D eigenvalue weighted by Gasteiger charge is 2.14. The minimum atomic E-state index is -0.469. The zero-order valence-electron chi connectivity index (χ0n) is 9.99. The highest BCUT2D eigenvalue weighted by Crippen LogP contribution is 2.13. The van der Waals surface area contributed by atoms with Crippen LogP contribution in [0.2, 0.25) is 0 Å². The molecule has 90 valence electrons. The van der Waals surface area contributed by atoms with E-state index in [1.54, 1.807) is 18.7 Å². The van der Waals surface area contributed by atoms with E-state index in [0.29, 0.717) is 18.3 Å². The van der Waals surface area contributed by atoms with Crippen molar-refractivity contribution in [2.75, 3.05) is 18.1 Å². The summed E-state index contributed by atoms with van der Waals surface area (Å²) in [4.78, 5) is 11.2. The van der Waals surface area contributed by atoms with Crippen LogP contribution in [-0.2, 0) is 9.53 Å². The van der Waals surface area contributed by atoms with Crippen molar-refractivity contribution in [3.63, 3.8) is 0 Å². The van der Waals surface area contributed by atoms with Gasteiger partial charge in [-0.25, -0.2) is 0 Å². The van der Waals surface area contributed by atoms with Gasteiger partial charge in [0.2, 0.25) is 0 Å². The molecule has 2 unspecified atom stereocenters. The van der Waals surface area contributed by atoms with E-state index < -0.39 is 6.04 Å². The fourth-order valence-electron chi connectivity index (χ4n) is 1.29. The molecule has 0 saturated heterocycles. The Morgan fingerprint density at radius 2 is 2.07 bits per heavy atom. The van der Waals surface area contributed by atoms with Gasteiger partial charge in [-0.2, -0.15) is 11.8 Å². The monoisotopic (exact) mass is 233 g/mol. The first-order chi connectivity index (χ1) is 7.11. The third-order valence-electron chi connectivity index (χ3n) is 2.07. The number of carbonyl (C=O) groups excluding carboxylic acids is 1. The first-order valence-corrected chi connectivity index (χ1v) is 6.77. The Bertz CT molecular complexity index is 176. The fraction of sp³-hybridized carbons (Fsp3) is 0.909. The highest BCUT2D eigenvalue weighted by molar-refractivity contribution is 7.99. The van der Waals surface area contributed by atoms with E-state index in [1.807, 2.05) is 0 Å². The van der Waals surface area contributed by atoms with E-state index in [9.17, 15) is 4.79 Å². The summed E-state index contributed by atoms with van der Waals surface area (Å²) in [6.45, 7) is 6.61. The predicted molar refractivity (Wildman–Crippen MR) is 66.0 cm³/mol. The Labute approximate surface area is 97.1 Å². The molecule has 4 heteroatoms. The molecule has 0 radical (unpaired) electrons. The minimum Gasteiger partial charge on any atom is -0.465 e. The topological polar surface area (TPSA) is 52.3 Å². The third-order valence-corrected chi connectivity index (χ3v) is 3.47. The van der Waals surface area contributed by atoms with Crippen molar-refractivity contribution >= 4 is 17.7 Å². The molecule has 3 nitrogen and oxygen atoms in total. The molecule has 0 aliphatic rings. The van der Waals surface area contributed by atoms with E-state index in [-0.39, 0.29) is 5.97 Å². The summed E-state index contributed by atoms with van der Waals surface area (Å²) in [5.41, 5.74) is 5.67. The van der Waals surface area contributed by atoms with Crippen LogP contribution in [0.4, 0.5) is 0 Å². The number of carbonyl (C=O) groups is 1. The van der Waals surface area contributed by atoms with Crippen LogP contribution in [0.1, 0.15) is 33.6 Å². The van der Waals surface area contributed by atoms with E-state index in [0.717, 1.165) is 5.75 Å². The van der Waals surface area contributed by atoms with Gasteiger partial charge in [0.25, 0.3) is 0 Å². The lowest BCUT2D eigenvalue weighted by Gasteiger charge is -2.12. The molecule has 0 fully saturated rings. The summed E-state index contributed by atoms with van der Waals surface area (Å²) in [6.07, 6.45) is 2.45. The normalized spacial score (nSPS) is 14.7. The lowest BCUT2D eigenvalue weighted by Crippen LogP contribution is -2.34. The Balaban J connectivity index is 3.53. The van der Waals surface area contributed by atoms with Crippen LogP contribution in [-0.4, -0.2) is 30.1 Å². The summed E-state index contributed by atoms with van der Waals surface area (Å²) in [5.74, 6) is 2.15. The predicted octanol–water partition coefficient (Wildman–Crippen LogP) is 2.05. The summed E-state index contributed by atoms with van der Waals surface area (Å²) < 4.78 is 4.83. The van der Waals surface area contributed by atoms with Crippen molar-refractivity contribution in [3.8, 4) is 0 Å². The van der Waals surface area contributed by atoms with Crippen LogP contribution in [0.25, 0.3) is 0 Å². The van der Waals surface area contributed by atoms with Gasteiger partial charge in [0.05, 0.1) is 6.61 Å². The molecular formula is C11H23NO2S. The van der Waals surface area contributed by atoms with Gasteiger partial charge in [-0.1, -0.05) is 26.7 Å². The van der Waals surface area contributed by atoms with Crippen molar-refractivity contribution < 1.29 is 9.53 Å². The molecule has 0 amide bonds. The number of hydrogen-bond donors (Lipinski definition) is 1. The Kier molecular flexibility index (Phi) is 8.91. The number of thioether (sulfide) groups is 1. The van der Waals surface area contributed by atoms with Gasteiger partial charge < -0.3 is 10.5 Å². The second kappa shape index (κ2) is 9.04. The molecule has 0 aromatic rings. The number of hydrogen-bond acceptors (Lipinski definition) is 4. The van der Waals surface area contributed by atoms with Crippen molar-refractivity contribution in [2.24, 2.45) is 11.7 Å². The van der Waals surface area contributed by atoms with Crippen molar-refractivity contribution in [1.82, 2.24) is 0 Å². The van der Waals surface area contributed by atoms with Crippen LogP contribution in [0.3, 0.4) is 0 Å². The van der Waals surface area contributed by atoms with Crippen LogP contribution in [0.15, 0.2) is 0 Å². The maximum Gasteiger partial charge on any atom is 0.323 e. The molecule has 0 aliphatic heterocycles. The van der Waals surface area contributed by atoms with Gasteiger partial charge in [0.1, 0.15) is 6.04 Å². The fourth-order valence-corrected chi connectivity index (χ4v) is 2.38. The van der Waals surface area contributed by atoms with Crippen molar-refractivity contribution in [1.29, 1.82) is 0 Å². The molecule has 0 heterocycles. The molecule has 0 rings (SSSR count). The smallest absolute Gasteiger partial charge is 0.323 e. The van der Waals surface area contributed by atoms with E-state index in [2.05, 4.69) is 13.8 Å². The van der Waals surface area contributed by atoms with Crippen LogP contribution < -0.4 is 5.73 Å². The summed E-state index contributed by atoms with van der Waals surface area (Å²) in [6, 6.07) is -0.469. The zero-order chi connectivity index (χ0) is 11.7. The standard InChI is InChI=1S/C11H23NO2S/c1-4-6-9(3)7-15-8-10(12)11(13)14-5-2/h9-10H,4-8,12H2,1-3H3. The molecule has 0 aliphatic carbocycles. The second-order valence-corrected chi connectivity index (χ2v) is 4.86. The quantitative estimate of drug-likeness (QED) is 0.652. The Morgan fingerprint density at radius 1 is 1.40 bits per heavy atom. The third kappa shape index (κ3) is 7.68. The SMILES string of the molecule is CCCC(C)CSCC(N)C(=O)OCC. The van der Waals surface area contributed by atoms with Gasteiger partial charge >= 0.3 is 5.97 Å². The van der Waals surface area contributed by atoms with Gasteiger partial charge in [-0.3, -0.25) is 4.79 Å². The van der Waals surface area contributed by atoms with Crippen LogP contribution in [0, 0.1) is 5.92 Å². The molecule has 0 saturated carbocycles. The molecular weight excluding hydrogens is 210 g/mol. The van der Waals surface area contributed by atoms with Crippen molar-refractivity contribution in [2.45, 2.75) is 39.7 Å². The van der Waals surface area contributed by atoms with Gasteiger partial charge in [0.15, 0.2) is 0 Å². The Hall–Kier alpha value is -0.220. The molecule has 2 N–H and O–H groups in total. The largest absolute Gasteiger partial charge is 0.465 e. The summed E-state index contributed by atoms with van der Waals surface area (Å²) in [5, 5.41) is 0. The number of esters is 1.